The molecule has 0 saturated carbocycles. The first-order valence-electron chi connectivity index (χ1n) is 10.2. The number of carbonyl (C=O) groups excluding carboxylic acids is 1. The van der Waals surface area contributed by atoms with Crippen LogP contribution in [0.25, 0.3) is 11.1 Å². The Hall–Kier alpha value is -3.31. The van der Waals surface area contributed by atoms with E-state index in [0.29, 0.717) is 33.0 Å². The summed E-state index contributed by atoms with van der Waals surface area (Å²) in [5.41, 5.74) is 4.84. The minimum atomic E-state index is -0.430. The van der Waals surface area contributed by atoms with E-state index in [9.17, 15) is 4.79 Å². The van der Waals surface area contributed by atoms with E-state index in [4.69, 9.17) is 14.2 Å². The number of hydrogen-bond donors (Lipinski definition) is 1. The van der Waals surface area contributed by atoms with Crippen molar-refractivity contribution in [2.75, 3.05) is 33.0 Å². The fourth-order valence-electron chi connectivity index (χ4n) is 3.71. The lowest BCUT2D eigenvalue weighted by Gasteiger charge is -2.14. The quantitative estimate of drug-likeness (QED) is 0.530. The molecule has 0 radical (unpaired) electrons. The molecule has 0 atom stereocenters. The number of carbonyl (C=O) groups is 1. The molecule has 1 aliphatic rings. The molecule has 0 heterocycles. The van der Waals surface area contributed by atoms with Crippen LogP contribution in [-0.4, -0.2) is 39.1 Å². The molecule has 0 spiro atoms. The highest BCUT2D eigenvalue weighted by Gasteiger charge is 2.28. The molecule has 0 saturated heterocycles. The van der Waals surface area contributed by atoms with Crippen LogP contribution in [-0.2, 0) is 9.47 Å². The number of para-hydroxylation sites is 1. The molecule has 0 fully saturated rings. The number of fused-ring (bicyclic) bond motifs is 3. The molecule has 5 nitrogen and oxygen atoms in total. The molecule has 3 aromatic rings. The van der Waals surface area contributed by atoms with Crippen molar-refractivity contribution in [2.45, 2.75) is 5.92 Å². The number of rotatable bonds is 9. The van der Waals surface area contributed by atoms with E-state index < -0.39 is 6.09 Å². The summed E-state index contributed by atoms with van der Waals surface area (Å²) in [6, 6.07) is 26.2. The van der Waals surface area contributed by atoms with Crippen LogP contribution < -0.4 is 10.1 Å². The highest BCUT2D eigenvalue weighted by atomic mass is 16.6. The summed E-state index contributed by atoms with van der Waals surface area (Å²) >= 11 is 0. The molecule has 0 aromatic heterocycles. The number of hydrogen-bond acceptors (Lipinski definition) is 4. The first kappa shape index (κ1) is 20.0. The third-order valence-electron chi connectivity index (χ3n) is 5.10. The average molecular weight is 403 g/mol. The first-order valence-corrected chi connectivity index (χ1v) is 10.2. The molecule has 1 aliphatic carbocycles. The maximum Gasteiger partial charge on any atom is 0.407 e. The van der Waals surface area contributed by atoms with Crippen molar-refractivity contribution in [3.63, 3.8) is 0 Å². The van der Waals surface area contributed by atoms with Gasteiger partial charge in [-0.05, 0) is 34.4 Å². The Bertz CT molecular complexity index is 928. The van der Waals surface area contributed by atoms with Gasteiger partial charge in [-0.2, -0.15) is 0 Å². The summed E-state index contributed by atoms with van der Waals surface area (Å²) in [6.07, 6.45) is -0.430. The third kappa shape index (κ3) is 4.81. The lowest BCUT2D eigenvalue weighted by Crippen LogP contribution is -2.29. The summed E-state index contributed by atoms with van der Waals surface area (Å²) in [4.78, 5) is 12.1. The molecular formula is C25H25NO4. The number of amides is 1. The first-order chi connectivity index (χ1) is 14.8. The Labute approximate surface area is 176 Å². The van der Waals surface area contributed by atoms with E-state index in [2.05, 4.69) is 29.6 Å². The van der Waals surface area contributed by atoms with Gasteiger partial charge in [0.05, 0.1) is 13.2 Å². The fourth-order valence-corrected chi connectivity index (χ4v) is 3.71. The van der Waals surface area contributed by atoms with Gasteiger partial charge in [0.25, 0.3) is 0 Å². The van der Waals surface area contributed by atoms with Crippen LogP contribution in [0.3, 0.4) is 0 Å². The van der Waals surface area contributed by atoms with Crippen LogP contribution >= 0.6 is 0 Å². The van der Waals surface area contributed by atoms with Crippen LogP contribution in [0.15, 0.2) is 78.9 Å². The minimum absolute atomic E-state index is 0.0644. The molecular weight excluding hydrogens is 378 g/mol. The summed E-state index contributed by atoms with van der Waals surface area (Å²) in [5, 5.41) is 2.74. The van der Waals surface area contributed by atoms with Crippen molar-refractivity contribution in [1.29, 1.82) is 0 Å². The molecule has 0 aliphatic heterocycles. The normalized spacial score (nSPS) is 12.1. The highest BCUT2D eigenvalue weighted by molar-refractivity contribution is 5.79. The molecule has 154 valence electrons. The Morgan fingerprint density at radius 2 is 1.40 bits per heavy atom. The Morgan fingerprint density at radius 3 is 2.10 bits per heavy atom. The zero-order valence-corrected chi connectivity index (χ0v) is 16.8. The highest BCUT2D eigenvalue weighted by Crippen LogP contribution is 2.44. The molecule has 1 amide bonds. The Morgan fingerprint density at radius 1 is 0.767 bits per heavy atom. The smallest absolute Gasteiger partial charge is 0.407 e. The van der Waals surface area contributed by atoms with Crippen molar-refractivity contribution in [3.8, 4) is 16.9 Å². The van der Waals surface area contributed by atoms with Gasteiger partial charge in [0.1, 0.15) is 19.0 Å². The van der Waals surface area contributed by atoms with Crippen LogP contribution in [0, 0.1) is 0 Å². The van der Waals surface area contributed by atoms with Gasteiger partial charge in [-0.25, -0.2) is 4.79 Å². The maximum atomic E-state index is 12.1. The van der Waals surface area contributed by atoms with E-state index in [1.165, 1.54) is 22.3 Å². The average Bonchev–Trinajstić information content (AvgIpc) is 3.11. The largest absolute Gasteiger partial charge is 0.491 e. The van der Waals surface area contributed by atoms with Crippen molar-refractivity contribution in [1.82, 2.24) is 5.32 Å². The van der Waals surface area contributed by atoms with Crippen molar-refractivity contribution in [3.05, 3.63) is 90.0 Å². The fraction of sp³-hybridized carbons (Fsp3) is 0.240. The van der Waals surface area contributed by atoms with Gasteiger partial charge in [0.15, 0.2) is 0 Å². The minimum Gasteiger partial charge on any atom is -0.491 e. The lowest BCUT2D eigenvalue weighted by atomic mass is 9.98. The summed E-state index contributed by atoms with van der Waals surface area (Å²) in [7, 11) is 0. The van der Waals surface area contributed by atoms with Crippen LogP contribution in [0.5, 0.6) is 5.75 Å². The van der Waals surface area contributed by atoms with Crippen molar-refractivity contribution < 1.29 is 19.0 Å². The second-order valence-electron chi connectivity index (χ2n) is 7.03. The van der Waals surface area contributed by atoms with Crippen LogP contribution in [0.2, 0.25) is 0 Å². The topological polar surface area (TPSA) is 56.8 Å². The standard InChI is InChI=1S/C25H25NO4/c27-25(26-14-15-28-16-17-29-19-8-2-1-3-9-19)30-18-24-22-12-6-4-10-20(22)21-11-5-7-13-23(21)24/h1-13,24H,14-18H2,(H,26,27). The van der Waals surface area contributed by atoms with Crippen molar-refractivity contribution >= 4 is 6.09 Å². The predicted molar refractivity (Wildman–Crippen MR) is 116 cm³/mol. The van der Waals surface area contributed by atoms with Gasteiger partial charge in [-0.1, -0.05) is 66.7 Å². The lowest BCUT2D eigenvalue weighted by molar-refractivity contribution is 0.0972. The number of benzene rings is 3. The van der Waals surface area contributed by atoms with Gasteiger partial charge in [-0.15, -0.1) is 0 Å². The van der Waals surface area contributed by atoms with Crippen LogP contribution in [0.1, 0.15) is 17.0 Å². The third-order valence-corrected chi connectivity index (χ3v) is 5.10. The van der Waals surface area contributed by atoms with Gasteiger partial charge >= 0.3 is 6.09 Å². The summed E-state index contributed by atoms with van der Waals surface area (Å²) in [5.74, 6) is 0.882. The van der Waals surface area contributed by atoms with E-state index in [1.807, 2.05) is 54.6 Å². The maximum absolute atomic E-state index is 12.1. The second-order valence-corrected chi connectivity index (χ2v) is 7.03. The predicted octanol–water partition coefficient (Wildman–Crippen LogP) is 4.62. The molecule has 1 N–H and O–H groups in total. The SMILES string of the molecule is O=C(NCCOCCOc1ccccc1)OCC1c2ccccc2-c2ccccc21. The molecule has 30 heavy (non-hydrogen) atoms. The van der Waals surface area contributed by atoms with Gasteiger partial charge < -0.3 is 19.5 Å². The van der Waals surface area contributed by atoms with E-state index >= 15 is 0 Å². The summed E-state index contributed by atoms with van der Waals surface area (Å²) < 4.78 is 16.5. The van der Waals surface area contributed by atoms with E-state index in [0.717, 1.165) is 5.75 Å². The monoisotopic (exact) mass is 403 g/mol. The molecule has 5 heteroatoms. The number of nitrogens with one attached hydrogen (secondary N) is 1. The van der Waals surface area contributed by atoms with E-state index in [-0.39, 0.29) is 5.92 Å². The van der Waals surface area contributed by atoms with Crippen LogP contribution in [0.4, 0.5) is 4.79 Å². The zero-order chi connectivity index (χ0) is 20.6. The molecule has 0 bridgehead atoms. The zero-order valence-electron chi connectivity index (χ0n) is 16.8. The molecule has 3 aromatic carbocycles. The van der Waals surface area contributed by atoms with Crippen molar-refractivity contribution in [2.24, 2.45) is 0 Å². The Balaban J connectivity index is 1.16. The number of alkyl carbamates (subject to hydrolysis) is 1. The van der Waals surface area contributed by atoms with Gasteiger partial charge in [0, 0.05) is 12.5 Å². The van der Waals surface area contributed by atoms with E-state index in [1.54, 1.807) is 0 Å². The van der Waals surface area contributed by atoms with Gasteiger partial charge in [0.2, 0.25) is 0 Å². The molecule has 4 rings (SSSR count). The number of ether oxygens (including phenoxy) is 3. The Kier molecular flexibility index (Phi) is 6.62. The van der Waals surface area contributed by atoms with Gasteiger partial charge in [-0.3, -0.25) is 0 Å². The molecule has 0 unspecified atom stereocenters. The second kappa shape index (κ2) is 9.94. The summed E-state index contributed by atoms with van der Waals surface area (Å²) in [6.45, 7) is 2.03.